The molecule has 1 atom stereocenters. The Kier molecular flexibility index (Phi) is 10.4. The maximum absolute atomic E-state index is 14.0. The Morgan fingerprint density at radius 2 is 1.72 bits per heavy atom. The lowest BCUT2D eigenvalue weighted by molar-refractivity contribution is -0.385. The number of aryl methyl sites for hydroxylation is 1. The number of nitrogens with zero attached hydrogens (tertiary/aromatic N) is 3. The lowest BCUT2D eigenvalue weighted by atomic mass is 10.1. The number of rotatable bonds is 11. The van der Waals surface area contributed by atoms with Crippen LogP contribution in [0.4, 0.5) is 11.4 Å². The summed E-state index contributed by atoms with van der Waals surface area (Å²) in [5.41, 5.74) is 0.0602. The third kappa shape index (κ3) is 8.45. The molecule has 0 heterocycles. The molecule has 0 aliphatic rings. The first-order valence-electron chi connectivity index (χ1n) is 13.3. The van der Waals surface area contributed by atoms with E-state index < -0.39 is 44.9 Å². The van der Waals surface area contributed by atoms with Crippen LogP contribution in [0.1, 0.15) is 38.8 Å². The zero-order valence-corrected chi connectivity index (χ0v) is 26.4. The first-order valence-corrected chi connectivity index (χ1v) is 15.1. The Labute approximate surface area is 256 Å². The molecule has 43 heavy (non-hydrogen) atoms. The molecular formula is C30H35ClN4O7S. The minimum absolute atomic E-state index is 0.0371. The molecule has 0 aliphatic heterocycles. The second-order valence-electron chi connectivity index (χ2n) is 11.0. The van der Waals surface area contributed by atoms with Crippen molar-refractivity contribution in [3.63, 3.8) is 0 Å². The summed E-state index contributed by atoms with van der Waals surface area (Å²) in [5.74, 6) is -0.665. The number of ether oxygens (including phenoxy) is 1. The van der Waals surface area contributed by atoms with E-state index in [2.05, 4.69) is 5.32 Å². The van der Waals surface area contributed by atoms with Crippen LogP contribution in [-0.4, -0.2) is 55.3 Å². The molecule has 11 nitrogen and oxygen atoms in total. The third-order valence-corrected chi connectivity index (χ3v) is 8.52. The lowest BCUT2D eigenvalue weighted by Gasteiger charge is -2.33. The van der Waals surface area contributed by atoms with Crippen LogP contribution < -0.4 is 14.4 Å². The number of hydrogen-bond acceptors (Lipinski definition) is 7. The predicted octanol–water partition coefficient (Wildman–Crippen LogP) is 5.09. The van der Waals surface area contributed by atoms with Gasteiger partial charge >= 0.3 is 0 Å². The van der Waals surface area contributed by atoms with E-state index in [1.807, 2.05) is 0 Å². The van der Waals surface area contributed by atoms with Crippen molar-refractivity contribution in [2.24, 2.45) is 0 Å². The van der Waals surface area contributed by atoms with Crippen LogP contribution in [0.15, 0.2) is 71.6 Å². The highest BCUT2D eigenvalue weighted by Gasteiger charge is 2.34. The minimum Gasteiger partial charge on any atom is -0.497 e. The third-order valence-electron chi connectivity index (χ3n) is 6.51. The van der Waals surface area contributed by atoms with Crippen LogP contribution in [0.2, 0.25) is 5.02 Å². The van der Waals surface area contributed by atoms with Crippen LogP contribution in [0.5, 0.6) is 5.75 Å². The number of methoxy groups -OCH3 is 1. The summed E-state index contributed by atoms with van der Waals surface area (Å²) in [7, 11) is -3.06. The van der Waals surface area contributed by atoms with Crippen molar-refractivity contribution in [3.05, 3.63) is 93.0 Å². The minimum atomic E-state index is -4.51. The Balaban J connectivity index is 2.10. The molecule has 0 spiro atoms. The molecule has 230 valence electrons. The van der Waals surface area contributed by atoms with Crippen LogP contribution >= 0.6 is 11.6 Å². The zero-order valence-electron chi connectivity index (χ0n) is 24.8. The number of hydrogen-bond donors (Lipinski definition) is 1. The van der Waals surface area contributed by atoms with Gasteiger partial charge in [-0.2, -0.15) is 0 Å². The second kappa shape index (κ2) is 13.4. The predicted molar refractivity (Wildman–Crippen MR) is 165 cm³/mol. The summed E-state index contributed by atoms with van der Waals surface area (Å²) >= 11 is 6.17. The van der Waals surface area contributed by atoms with E-state index in [9.17, 15) is 28.1 Å². The Hall–Kier alpha value is -4.16. The molecule has 3 rings (SSSR count). The quantitative estimate of drug-likeness (QED) is 0.230. The van der Waals surface area contributed by atoms with Crippen LogP contribution in [0, 0.1) is 17.0 Å². The van der Waals surface area contributed by atoms with Crippen LogP contribution in [0.25, 0.3) is 0 Å². The fourth-order valence-electron chi connectivity index (χ4n) is 4.24. The van der Waals surface area contributed by atoms with E-state index in [1.54, 1.807) is 52.0 Å². The van der Waals surface area contributed by atoms with Gasteiger partial charge in [0.15, 0.2) is 0 Å². The Morgan fingerprint density at radius 3 is 2.28 bits per heavy atom. The maximum Gasteiger partial charge on any atom is 0.273 e. The van der Waals surface area contributed by atoms with Crippen molar-refractivity contribution in [3.8, 4) is 5.75 Å². The summed E-state index contributed by atoms with van der Waals surface area (Å²) in [4.78, 5) is 39.1. The number of carbonyl (C=O) groups excluding carboxylic acids is 2. The van der Waals surface area contributed by atoms with Crippen molar-refractivity contribution in [2.45, 2.75) is 57.6 Å². The number of nitro groups is 1. The van der Waals surface area contributed by atoms with E-state index in [4.69, 9.17) is 16.3 Å². The topological polar surface area (TPSA) is 139 Å². The highest BCUT2D eigenvalue weighted by Crippen LogP contribution is 2.29. The van der Waals surface area contributed by atoms with Crippen molar-refractivity contribution in [1.82, 2.24) is 10.2 Å². The molecule has 0 unspecified atom stereocenters. The number of amides is 2. The van der Waals surface area contributed by atoms with Gasteiger partial charge in [-0.1, -0.05) is 29.8 Å². The van der Waals surface area contributed by atoms with Crippen molar-refractivity contribution < 1.29 is 27.7 Å². The van der Waals surface area contributed by atoms with Crippen molar-refractivity contribution in [2.75, 3.05) is 18.0 Å². The molecule has 0 radical (unpaired) electrons. The molecule has 0 saturated carbocycles. The number of halogens is 1. The molecule has 1 N–H and O–H groups in total. The maximum atomic E-state index is 14.0. The molecule has 0 fully saturated rings. The van der Waals surface area contributed by atoms with Gasteiger partial charge in [-0.3, -0.25) is 24.0 Å². The zero-order chi connectivity index (χ0) is 32.1. The highest BCUT2D eigenvalue weighted by molar-refractivity contribution is 7.92. The molecule has 2 amide bonds. The number of benzene rings is 3. The first-order chi connectivity index (χ1) is 20.0. The van der Waals surface area contributed by atoms with Gasteiger partial charge in [0.05, 0.1) is 22.6 Å². The molecule has 0 bridgehead atoms. The molecule has 0 aromatic heterocycles. The summed E-state index contributed by atoms with van der Waals surface area (Å²) in [6, 6.07) is 15.3. The summed E-state index contributed by atoms with van der Waals surface area (Å²) < 4.78 is 34.1. The average Bonchev–Trinajstić information content (AvgIpc) is 2.93. The number of nitrogens with one attached hydrogen (secondary N) is 1. The smallest absolute Gasteiger partial charge is 0.273 e. The SMILES string of the molecule is COc1ccc(N(CC(=O)N(Cc2cccc(Cl)c2)[C@@H](C)C(=O)NC(C)(C)C)S(=O)(=O)c2ccc(C)c([N+](=O)[O-])c2)cc1. The van der Waals surface area contributed by atoms with E-state index in [-0.39, 0.29) is 28.4 Å². The molecule has 3 aromatic carbocycles. The van der Waals surface area contributed by atoms with E-state index in [1.165, 1.54) is 55.3 Å². The molecule has 3 aromatic rings. The number of sulfonamides is 1. The summed E-state index contributed by atoms with van der Waals surface area (Å²) in [6.45, 7) is 7.73. The van der Waals surface area contributed by atoms with Gasteiger partial charge in [0.1, 0.15) is 18.3 Å². The molecule has 13 heteroatoms. The number of nitro benzene ring substituents is 1. The Morgan fingerprint density at radius 1 is 1.07 bits per heavy atom. The average molecular weight is 631 g/mol. The van der Waals surface area contributed by atoms with Gasteiger partial charge in [-0.25, -0.2) is 8.42 Å². The van der Waals surface area contributed by atoms with Gasteiger partial charge in [0, 0.05) is 28.7 Å². The second-order valence-corrected chi connectivity index (χ2v) is 13.3. The van der Waals surface area contributed by atoms with Gasteiger partial charge in [0.2, 0.25) is 11.8 Å². The van der Waals surface area contributed by atoms with E-state index in [0.717, 1.165) is 10.4 Å². The molecule has 0 saturated heterocycles. The van der Waals surface area contributed by atoms with Crippen molar-refractivity contribution >= 4 is 44.8 Å². The molecular weight excluding hydrogens is 596 g/mol. The summed E-state index contributed by atoms with van der Waals surface area (Å²) in [6.07, 6.45) is 0. The van der Waals surface area contributed by atoms with Crippen LogP contribution in [0.3, 0.4) is 0 Å². The van der Waals surface area contributed by atoms with Gasteiger partial charge in [-0.05, 0) is 82.6 Å². The monoisotopic (exact) mass is 630 g/mol. The van der Waals surface area contributed by atoms with Gasteiger partial charge in [0.25, 0.3) is 15.7 Å². The first kappa shape index (κ1) is 33.3. The normalized spacial score (nSPS) is 12.3. The van der Waals surface area contributed by atoms with Crippen LogP contribution in [-0.2, 0) is 26.2 Å². The fraction of sp³-hybridized carbons (Fsp3) is 0.333. The number of carbonyl (C=O) groups is 2. The number of anilines is 1. The highest BCUT2D eigenvalue weighted by atomic mass is 35.5. The van der Waals surface area contributed by atoms with E-state index in [0.29, 0.717) is 16.3 Å². The van der Waals surface area contributed by atoms with E-state index >= 15 is 0 Å². The fourth-order valence-corrected chi connectivity index (χ4v) is 5.89. The standard InChI is InChI=1S/C30H35ClN4O7S/c1-20-10-15-26(17-27(20)35(38)39)43(40,41)34(24-11-13-25(42-6)14-12-24)19-28(36)33(18-22-8-7-9-23(31)16-22)21(2)29(37)32-30(3,4)5/h7-17,21H,18-19H2,1-6H3,(H,32,37)/t21-/m0/s1. The Bertz CT molecular complexity index is 1610. The molecule has 0 aliphatic carbocycles. The van der Waals surface area contributed by atoms with Crippen molar-refractivity contribution in [1.29, 1.82) is 0 Å². The lowest BCUT2D eigenvalue weighted by Crippen LogP contribution is -2.54. The summed E-state index contributed by atoms with van der Waals surface area (Å²) in [5, 5.41) is 14.9. The van der Waals surface area contributed by atoms with Gasteiger partial charge in [-0.15, -0.1) is 0 Å². The largest absolute Gasteiger partial charge is 0.497 e. The van der Waals surface area contributed by atoms with Gasteiger partial charge < -0.3 is 15.0 Å².